The first-order chi connectivity index (χ1) is 9.58. The molecule has 0 saturated carbocycles. The van der Waals surface area contributed by atoms with Crippen LogP contribution in [0.4, 0.5) is 5.69 Å². The second kappa shape index (κ2) is 6.29. The van der Waals surface area contributed by atoms with E-state index in [1.165, 1.54) is 36.9 Å². The molecule has 1 unspecified atom stereocenters. The molecular formula is C17H27N3. The molecule has 110 valence electrons. The maximum Gasteiger partial charge on any atom is 0.196 e. The number of aryl methyl sites for hydroxylation is 1. The fraction of sp³-hybridized carbons (Fsp3) is 0.588. The molecule has 1 heterocycles. The predicted molar refractivity (Wildman–Crippen MR) is 87.3 cm³/mol. The molecule has 2 N–H and O–H groups in total. The molecule has 1 aromatic rings. The lowest BCUT2D eigenvalue weighted by atomic mass is 9.92. The molecule has 2 rings (SSSR count). The summed E-state index contributed by atoms with van der Waals surface area (Å²) in [4.78, 5) is 6.75. The number of aliphatic imine (C=N–C) groups is 1. The zero-order chi connectivity index (χ0) is 14.6. The van der Waals surface area contributed by atoms with Crippen LogP contribution >= 0.6 is 0 Å². The lowest BCUT2D eigenvalue weighted by Gasteiger charge is -2.37. The number of nitrogens with two attached hydrogens (primary N) is 1. The second-order valence-corrected chi connectivity index (χ2v) is 6.10. The fourth-order valence-electron chi connectivity index (χ4n) is 3.02. The molecule has 0 aliphatic carbocycles. The third-order valence-electron chi connectivity index (χ3n) is 4.28. The van der Waals surface area contributed by atoms with E-state index in [0.29, 0.717) is 5.96 Å². The zero-order valence-corrected chi connectivity index (χ0v) is 13.0. The summed E-state index contributed by atoms with van der Waals surface area (Å²) in [5.41, 5.74) is 8.65. The molecule has 0 amide bonds. The third kappa shape index (κ3) is 2.97. The topological polar surface area (TPSA) is 41.6 Å². The minimum atomic E-state index is 0.0317. The molecule has 20 heavy (non-hydrogen) atoms. The number of para-hydroxylation sites is 1. The first kappa shape index (κ1) is 14.9. The predicted octanol–water partition coefficient (Wildman–Crippen LogP) is 3.86. The molecule has 0 radical (unpaired) electrons. The van der Waals surface area contributed by atoms with Crippen molar-refractivity contribution in [2.45, 2.75) is 58.4 Å². The van der Waals surface area contributed by atoms with Gasteiger partial charge in [-0.15, -0.1) is 0 Å². The van der Waals surface area contributed by atoms with Gasteiger partial charge < -0.3 is 10.6 Å². The van der Waals surface area contributed by atoms with Crippen LogP contribution < -0.4 is 10.6 Å². The standard InChI is InChI=1S/C17H27N3/c1-4-5-6-9-12-17(3)13-19-16(18)20(17)15-11-8-7-10-14(15)2/h7-8,10-11H,4-6,9,12-13H2,1-3H3,(H2,18,19). The number of nitrogens with zero attached hydrogens (tertiary/aromatic N) is 2. The molecule has 1 aliphatic rings. The van der Waals surface area contributed by atoms with Gasteiger partial charge in [-0.1, -0.05) is 50.8 Å². The number of guanidine groups is 1. The summed E-state index contributed by atoms with van der Waals surface area (Å²) in [7, 11) is 0. The Morgan fingerprint density at radius 2 is 2.00 bits per heavy atom. The van der Waals surface area contributed by atoms with Crippen molar-refractivity contribution in [3.8, 4) is 0 Å². The monoisotopic (exact) mass is 273 g/mol. The smallest absolute Gasteiger partial charge is 0.196 e. The minimum Gasteiger partial charge on any atom is -0.369 e. The number of unbranched alkanes of at least 4 members (excludes halogenated alkanes) is 3. The highest BCUT2D eigenvalue weighted by Gasteiger charge is 2.38. The highest BCUT2D eigenvalue weighted by molar-refractivity contribution is 5.98. The number of hydrogen-bond acceptors (Lipinski definition) is 3. The van der Waals surface area contributed by atoms with Crippen LogP contribution in [0, 0.1) is 6.92 Å². The van der Waals surface area contributed by atoms with Crippen molar-refractivity contribution in [3.63, 3.8) is 0 Å². The maximum absolute atomic E-state index is 6.16. The lowest BCUT2D eigenvalue weighted by molar-refractivity contribution is 0.434. The van der Waals surface area contributed by atoms with E-state index in [0.717, 1.165) is 13.0 Å². The van der Waals surface area contributed by atoms with Crippen molar-refractivity contribution in [1.29, 1.82) is 0 Å². The van der Waals surface area contributed by atoms with Crippen molar-refractivity contribution in [1.82, 2.24) is 0 Å². The Hall–Kier alpha value is -1.51. The van der Waals surface area contributed by atoms with Crippen molar-refractivity contribution in [2.24, 2.45) is 10.7 Å². The van der Waals surface area contributed by atoms with Gasteiger partial charge in [0.2, 0.25) is 0 Å². The Morgan fingerprint density at radius 3 is 2.70 bits per heavy atom. The Balaban J connectivity index is 2.15. The van der Waals surface area contributed by atoms with E-state index in [1.807, 2.05) is 0 Å². The van der Waals surface area contributed by atoms with Crippen LogP contribution in [-0.4, -0.2) is 18.0 Å². The number of benzene rings is 1. The SMILES string of the molecule is CCCCCCC1(C)CN=C(N)N1c1ccccc1C. The number of rotatable bonds is 6. The van der Waals surface area contributed by atoms with E-state index in [4.69, 9.17) is 5.73 Å². The van der Waals surface area contributed by atoms with Crippen LogP contribution in [0.1, 0.15) is 51.5 Å². The molecular weight excluding hydrogens is 246 g/mol. The van der Waals surface area contributed by atoms with Gasteiger partial charge in [0.15, 0.2) is 5.96 Å². The van der Waals surface area contributed by atoms with Gasteiger partial charge in [0, 0.05) is 5.69 Å². The first-order valence-corrected chi connectivity index (χ1v) is 7.74. The first-order valence-electron chi connectivity index (χ1n) is 7.74. The maximum atomic E-state index is 6.16. The Morgan fingerprint density at radius 1 is 1.25 bits per heavy atom. The average Bonchev–Trinajstić information content (AvgIpc) is 2.72. The van der Waals surface area contributed by atoms with Gasteiger partial charge in [-0.3, -0.25) is 4.99 Å². The van der Waals surface area contributed by atoms with Crippen molar-refractivity contribution < 1.29 is 0 Å². The van der Waals surface area contributed by atoms with Gasteiger partial charge in [0.1, 0.15) is 0 Å². The van der Waals surface area contributed by atoms with E-state index in [2.05, 4.69) is 54.9 Å². The van der Waals surface area contributed by atoms with Crippen molar-refractivity contribution >= 4 is 11.6 Å². The molecule has 1 atom stereocenters. The highest BCUT2D eigenvalue weighted by atomic mass is 15.4. The quantitative estimate of drug-likeness (QED) is 0.800. The largest absolute Gasteiger partial charge is 0.369 e. The summed E-state index contributed by atoms with van der Waals surface area (Å²) in [6, 6.07) is 8.43. The van der Waals surface area contributed by atoms with Crippen LogP contribution in [0.2, 0.25) is 0 Å². The second-order valence-electron chi connectivity index (χ2n) is 6.10. The summed E-state index contributed by atoms with van der Waals surface area (Å²) in [6.45, 7) is 7.48. The van der Waals surface area contributed by atoms with Gasteiger partial charge in [-0.05, 0) is 31.9 Å². The Bertz CT molecular complexity index is 481. The average molecular weight is 273 g/mol. The molecule has 0 fully saturated rings. The Labute approximate surface area is 122 Å². The summed E-state index contributed by atoms with van der Waals surface area (Å²) < 4.78 is 0. The highest BCUT2D eigenvalue weighted by Crippen LogP contribution is 2.34. The normalized spacial score (nSPS) is 22.1. The molecule has 0 saturated heterocycles. The number of hydrogen-bond donors (Lipinski definition) is 1. The van der Waals surface area contributed by atoms with Crippen LogP contribution in [0.25, 0.3) is 0 Å². The van der Waals surface area contributed by atoms with Crippen LogP contribution in [0.15, 0.2) is 29.3 Å². The fourth-order valence-corrected chi connectivity index (χ4v) is 3.02. The van der Waals surface area contributed by atoms with Gasteiger partial charge in [-0.25, -0.2) is 0 Å². The van der Waals surface area contributed by atoms with E-state index >= 15 is 0 Å². The lowest BCUT2D eigenvalue weighted by Crippen LogP contribution is -2.50. The molecule has 1 aliphatic heterocycles. The van der Waals surface area contributed by atoms with Gasteiger partial charge in [-0.2, -0.15) is 0 Å². The van der Waals surface area contributed by atoms with E-state index in [9.17, 15) is 0 Å². The summed E-state index contributed by atoms with van der Waals surface area (Å²) in [5.74, 6) is 0.664. The van der Waals surface area contributed by atoms with E-state index < -0.39 is 0 Å². The Kier molecular flexibility index (Phi) is 4.69. The van der Waals surface area contributed by atoms with E-state index in [1.54, 1.807) is 0 Å². The van der Waals surface area contributed by atoms with Crippen LogP contribution in [0.5, 0.6) is 0 Å². The van der Waals surface area contributed by atoms with Crippen LogP contribution in [0.3, 0.4) is 0 Å². The molecule has 0 aromatic heterocycles. The third-order valence-corrected chi connectivity index (χ3v) is 4.28. The molecule has 1 aromatic carbocycles. The van der Waals surface area contributed by atoms with E-state index in [-0.39, 0.29) is 5.54 Å². The zero-order valence-electron chi connectivity index (χ0n) is 13.0. The summed E-state index contributed by atoms with van der Waals surface area (Å²) >= 11 is 0. The molecule has 0 spiro atoms. The molecule has 0 bridgehead atoms. The number of anilines is 1. The van der Waals surface area contributed by atoms with Crippen molar-refractivity contribution in [2.75, 3.05) is 11.4 Å². The van der Waals surface area contributed by atoms with Crippen molar-refractivity contribution in [3.05, 3.63) is 29.8 Å². The summed E-state index contributed by atoms with van der Waals surface area (Å²) in [5, 5.41) is 0. The molecule has 3 nitrogen and oxygen atoms in total. The minimum absolute atomic E-state index is 0.0317. The van der Waals surface area contributed by atoms with Crippen LogP contribution in [-0.2, 0) is 0 Å². The van der Waals surface area contributed by atoms with Gasteiger partial charge >= 0.3 is 0 Å². The van der Waals surface area contributed by atoms with Gasteiger partial charge in [0.05, 0.1) is 12.1 Å². The molecule has 3 heteroatoms. The summed E-state index contributed by atoms with van der Waals surface area (Å²) in [6.07, 6.45) is 6.28. The van der Waals surface area contributed by atoms with Gasteiger partial charge in [0.25, 0.3) is 0 Å².